The Morgan fingerprint density at radius 2 is 2.18 bits per heavy atom. The van der Waals surface area contributed by atoms with Crippen LogP contribution in [0.1, 0.15) is 24.9 Å². The van der Waals surface area contributed by atoms with Crippen LogP contribution in [0.15, 0.2) is 6.07 Å². The molecule has 0 bridgehead atoms. The molecule has 0 aliphatic heterocycles. The molecule has 0 aromatic carbocycles. The molecule has 1 aromatic rings. The minimum atomic E-state index is -0.260. The minimum Gasteiger partial charge on any atom is -0.393 e. The number of rotatable bonds is 6. The molecule has 0 radical (unpaired) electrons. The maximum Gasteiger partial charge on any atom is 0.144 e. The summed E-state index contributed by atoms with van der Waals surface area (Å²) in [6.07, 6.45) is 0.505. The zero-order valence-electron chi connectivity index (χ0n) is 11.1. The van der Waals surface area contributed by atoms with E-state index in [-0.39, 0.29) is 6.10 Å². The number of hydrogen-bond acceptors (Lipinski definition) is 5. The number of aryl methyl sites for hydroxylation is 1. The lowest BCUT2D eigenvalue weighted by atomic mass is 10.3. The highest BCUT2D eigenvalue weighted by molar-refractivity contribution is 5.34. The molecule has 2 N–H and O–H groups in total. The van der Waals surface area contributed by atoms with E-state index in [9.17, 15) is 5.11 Å². The van der Waals surface area contributed by atoms with Gasteiger partial charge in [0.2, 0.25) is 0 Å². The minimum absolute atomic E-state index is 0.260. The van der Waals surface area contributed by atoms with Crippen LogP contribution < -0.4 is 5.32 Å². The first-order valence-corrected chi connectivity index (χ1v) is 5.90. The molecule has 1 heterocycles. The average Bonchev–Trinajstić information content (AvgIpc) is 2.25. The van der Waals surface area contributed by atoms with Crippen LogP contribution in [-0.4, -0.2) is 46.7 Å². The van der Waals surface area contributed by atoms with E-state index < -0.39 is 0 Å². The van der Waals surface area contributed by atoms with E-state index in [0.717, 1.165) is 30.3 Å². The maximum absolute atomic E-state index is 9.23. The van der Waals surface area contributed by atoms with Gasteiger partial charge in [0.15, 0.2) is 0 Å². The molecule has 1 atom stereocenters. The van der Waals surface area contributed by atoms with Gasteiger partial charge in [-0.05, 0) is 27.3 Å². The predicted molar refractivity (Wildman–Crippen MR) is 68.9 cm³/mol. The van der Waals surface area contributed by atoms with Gasteiger partial charge in [-0.3, -0.25) is 4.90 Å². The Bertz CT molecular complexity index is 354. The molecule has 0 amide bonds. The van der Waals surface area contributed by atoms with Crippen LogP contribution in [0.25, 0.3) is 0 Å². The van der Waals surface area contributed by atoms with Crippen LogP contribution in [0.3, 0.4) is 0 Å². The first-order chi connectivity index (χ1) is 8.01. The van der Waals surface area contributed by atoms with E-state index in [4.69, 9.17) is 0 Å². The largest absolute Gasteiger partial charge is 0.393 e. The molecule has 0 aliphatic carbocycles. The first-order valence-electron chi connectivity index (χ1n) is 5.90. The lowest BCUT2D eigenvalue weighted by Gasteiger charge is -2.17. The van der Waals surface area contributed by atoms with Crippen molar-refractivity contribution >= 4 is 5.82 Å². The number of hydrogen-bond donors (Lipinski definition) is 2. The summed E-state index contributed by atoms with van der Waals surface area (Å²) in [5, 5.41) is 12.2. The van der Waals surface area contributed by atoms with Crippen LogP contribution in [0.4, 0.5) is 5.82 Å². The third-order valence-corrected chi connectivity index (χ3v) is 2.50. The van der Waals surface area contributed by atoms with E-state index in [2.05, 4.69) is 20.2 Å². The third kappa shape index (κ3) is 5.10. The summed E-state index contributed by atoms with van der Waals surface area (Å²) in [5.74, 6) is 1.65. The van der Waals surface area contributed by atoms with Gasteiger partial charge in [-0.1, -0.05) is 0 Å². The summed E-state index contributed by atoms with van der Waals surface area (Å²) in [5.41, 5.74) is 0.961. The van der Waals surface area contributed by atoms with Gasteiger partial charge in [-0.15, -0.1) is 0 Å². The molecule has 0 fully saturated rings. The summed E-state index contributed by atoms with van der Waals surface area (Å²) in [6.45, 7) is 5.30. The van der Waals surface area contributed by atoms with Gasteiger partial charge in [0, 0.05) is 25.4 Å². The second-order valence-electron chi connectivity index (χ2n) is 4.44. The van der Waals surface area contributed by atoms with E-state index in [0.29, 0.717) is 6.54 Å². The fourth-order valence-electron chi connectivity index (χ4n) is 1.56. The molecule has 5 nitrogen and oxygen atoms in total. The summed E-state index contributed by atoms with van der Waals surface area (Å²) in [7, 11) is 3.86. The standard InChI is InChI=1S/C12H22N4O/c1-9-7-11(13-3)15-12(14-9)8-16(4)6-5-10(2)17/h7,10,17H,5-6,8H2,1-4H3,(H,13,14,15). The van der Waals surface area contributed by atoms with Crippen molar-refractivity contribution in [1.29, 1.82) is 0 Å². The average molecular weight is 238 g/mol. The highest BCUT2D eigenvalue weighted by Crippen LogP contribution is 2.07. The van der Waals surface area contributed by atoms with E-state index >= 15 is 0 Å². The number of aliphatic hydroxyl groups is 1. The van der Waals surface area contributed by atoms with Gasteiger partial charge in [-0.2, -0.15) is 0 Å². The molecule has 1 rings (SSSR count). The monoisotopic (exact) mass is 238 g/mol. The summed E-state index contributed by atoms with van der Waals surface area (Å²) in [6, 6.07) is 1.92. The molecule has 17 heavy (non-hydrogen) atoms. The van der Waals surface area contributed by atoms with Crippen LogP contribution in [0.2, 0.25) is 0 Å². The quantitative estimate of drug-likeness (QED) is 0.775. The fraction of sp³-hybridized carbons (Fsp3) is 0.667. The van der Waals surface area contributed by atoms with Crippen molar-refractivity contribution in [2.24, 2.45) is 0 Å². The lowest BCUT2D eigenvalue weighted by molar-refractivity contribution is 0.162. The van der Waals surface area contributed by atoms with Crippen LogP contribution >= 0.6 is 0 Å². The van der Waals surface area contributed by atoms with Gasteiger partial charge in [0.05, 0.1) is 12.6 Å². The highest BCUT2D eigenvalue weighted by Gasteiger charge is 2.06. The summed E-state index contributed by atoms with van der Waals surface area (Å²) < 4.78 is 0. The number of nitrogens with one attached hydrogen (secondary N) is 1. The van der Waals surface area contributed by atoms with Gasteiger partial charge in [0.1, 0.15) is 11.6 Å². The van der Waals surface area contributed by atoms with Crippen LogP contribution in [-0.2, 0) is 6.54 Å². The van der Waals surface area contributed by atoms with Crippen molar-refractivity contribution in [2.45, 2.75) is 32.9 Å². The first kappa shape index (κ1) is 13.9. The Morgan fingerprint density at radius 1 is 1.47 bits per heavy atom. The number of aliphatic hydroxyl groups excluding tert-OH is 1. The summed E-state index contributed by atoms with van der Waals surface area (Å²) >= 11 is 0. The Morgan fingerprint density at radius 3 is 2.76 bits per heavy atom. The SMILES string of the molecule is CNc1cc(C)nc(CN(C)CCC(C)O)n1. The van der Waals surface area contributed by atoms with Gasteiger partial charge < -0.3 is 10.4 Å². The Labute approximate surface area is 103 Å². The highest BCUT2D eigenvalue weighted by atomic mass is 16.3. The predicted octanol–water partition coefficient (Wildman–Crippen LogP) is 1.03. The van der Waals surface area contributed by atoms with Gasteiger partial charge in [0.25, 0.3) is 0 Å². The third-order valence-electron chi connectivity index (χ3n) is 2.50. The second-order valence-corrected chi connectivity index (χ2v) is 4.44. The van der Waals surface area contributed by atoms with Crippen LogP contribution in [0, 0.1) is 6.92 Å². The molecule has 1 aromatic heterocycles. The molecule has 0 spiro atoms. The molecule has 0 saturated carbocycles. The Balaban J connectivity index is 2.58. The normalized spacial score (nSPS) is 12.8. The number of anilines is 1. The zero-order valence-corrected chi connectivity index (χ0v) is 11.1. The van der Waals surface area contributed by atoms with Gasteiger partial charge in [-0.25, -0.2) is 9.97 Å². The number of nitrogens with zero attached hydrogens (tertiary/aromatic N) is 3. The maximum atomic E-state index is 9.23. The van der Waals surface area contributed by atoms with Crippen molar-refractivity contribution < 1.29 is 5.11 Å². The fourth-order valence-corrected chi connectivity index (χ4v) is 1.56. The van der Waals surface area contributed by atoms with Crippen molar-refractivity contribution in [2.75, 3.05) is 26.0 Å². The lowest BCUT2D eigenvalue weighted by Crippen LogP contribution is -2.23. The van der Waals surface area contributed by atoms with E-state index in [1.807, 2.05) is 27.1 Å². The Hall–Kier alpha value is -1.20. The molecule has 0 aliphatic rings. The van der Waals surface area contributed by atoms with Crippen molar-refractivity contribution in [1.82, 2.24) is 14.9 Å². The molecule has 0 saturated heterocycles. The topological polar surface area (TPSA) is 61.3 Å². The van der Waals surface area contributed by atoms with E-state index in [1.54, 1.807) is 6.92 Å². The van der Waals surface area contributed by atoms with Crippen molar-refractivity contribution in [3.05, 3.63) is 17.6 Å². The Kier molecular flexibility index (Phi) is 5.31. The number of aromatic nitrogens is 2. The molecular weight excluding hydrogens is 216 g/mol. The van der Waals surface area contributed by atoms with Gasteiger partial charge >= 0.3 is 0 Å². The molecule has 96 valence electrons. The zero-order chi connectivity index (χ0) is 12.8. The van der Waals surface area contributed by atoms with Crippen LogP contribution in [0.5, 0.6) is 0 Å². The molecule has 1 unspecified atom stereocenters. The molecule has 5 heteroatoms. The van der Waals surface area contributed by atoms with Crippen molar-refractivity contribution in [3.63, 3.8) is 0 Å². The summed E-state index contributed by atoms with van der Waals surface area (Å²) in [4.78, 5) is 10.9. The van der Waals surface area contributed by atoms with E-state index in [1.165, 1.54) is 0 Å². The smallest absolute Gasteiger partial charge is 0.144 e. The molecular formula is C12H22N4O. The second kappa shape index (κ2) is 6.51. The van der Waals surface area contributed by atoms with Crippen molar-refractivity contribution in [3.8, 4) is 0 Å².